The molecule has 1 aromatic heterocycles. The number of benzene rings is 1. The molecule has 134 valence electrons. The first-order chi connectivity index (χ1) is 12.0. The van der Waals surface area contributed by atoms with Crippen molar-refractivity contribution < 1.29 is 14.3 Å². The summed E-state index contributed by atoms with van der Waals surface area (Å²) in [6.07, 6.45) is 1.50. The molecule has 0 saturated heterocycles. The minimum Gasteiger partial charge on any atom is -0.396 e. The summed E-state index contributed by atoms with van der Waals surface area (Å²) in [6.45, 7) is 2.57. The number of rotatable bonds is 7. The lowest BCUT2D eigenvalue weighted by Gasteiger charge is -2.10. The smallest absolute Gasteiger partial charge is 0.326 e. The van der Waals surface area contributed by atoms with Crippen LogP contribution in [0, 0.1) is 12.7 Å². The summed E-state index contributed by atoms with van der Waals surface area (Å²) >= 11 is 5.67. The van der Waals surface area contributed by atoms with E-state index in [1.165, 1.54) is 12.1 Å². The number of hydrogen-bond acceptors (Lipinski definition) is 5. The second-order valence-electron chi connectivity index (χ2n) is 5.28. The van der Waals surface area contributed by atoms with Gasteiger partial charge in [-0.15, -0.1) is 0 Å². The number of hydrogen-bond donors (Lipinski definition) is 4. The SMILES string of the molecule is Cc1cc(NCCCCO)nc(NC(=O)Nc2ccc(F)c(Cl)c2)n1. The van der Waals surface area contributed by atoms with Crippen molar-refractivity contribution in [3.05, 3.63) is 40.8 Å². The van der Waals surface area contributed by atoms with Crippen LogP contribution in [0.5, 0.6) is 0 Å². The van der Waals surface area contributed by atoms with Gasteiger partial charge in [-0.2, -0.15) is 4.98 Å². The zero-order chi connectivity index (χ0) is 18.2. The number of aromatic nitrogens is 2. The molecule has 25 heavy (non-hydrogen) atoms. The van der Waals surface area contributed by atoms with Gasteiger partial charge in [0.25, 0.3) is 0 Å². The molecule has 0 unspecified atom stereocenters. The molecule has 0 bridgehead atoms. The minimum absolute atomic E-state index is 0.0843. The maximum Gasteiger partial charge on any atom is 0.326 e. The Balaban J connectivity index is 1.97. The lowest BCUT2D eigenvalue weighted by molar-refractivity contribution is 0.262. The monoisotopic (exact) mass is 367 g/mol. The quantitative estimate of drug-likeness (QED) is 0.562. The van der Waals surface area contributed by atoms with Crippen molar-refractivity contribution in [2.45, 2.75) is 19.8 Å². The van der Waals surface area contributed by atoms with Crippen LogP contribution in [0.2, 0.25) is 5.02 Å². The maximum absolute atomic E-state index is 13.1. The van der Waals surface area contributed by atoms with Gasteiger partial charge in [0, 0.05) is 30.6 Å². The summed E-state index contributed by atoms with van der Waals surface area (Å²) in [6, 6.07) is 5.05. The fourth-order valence-corrected chi connectivity index (χ4v) is 2.19. The van der Waals surface area contributed by atoms with Gasteiger partial charge in [-0.25, -0.2) is 14.2 Å². The normalized spacial score (nSPS) is 10.4. The van der Waals surface area contributed by atoms with Crippen LogP contribution < -0.4 is 16.0 Å². The zero-order valence-electron chi connectivity index (χ0n) is 13.6. The molecule has 7 nitrogen and oxygen atoms in total. The van der Waals surface area contributed by atoms with Gasteiger partial charge in [0.1, 0.15) is 11.6 Å². The number of urea groups is 1. The van der Waals surface area contributed by atoms with Crippen LogP contribution in [0.4, 0.5) is 26.6 Å². The molecular weight excluding hydrogens is 349 g/mol. The second-order valence-corrected chi connectivity index (χ2v) is 5.69. The van der Waals surface area contributed by atoms with E-state index in [-0.39, 0.29) is 17.6 Å². The first-order valence-corrected chi connectivity index (χ1v) is 8.09. The van der Waals surface area contributed by atoms with Gasteiger partial charge in [-0.3, -0.25) is 5.32 Å². The lowest BCUT2D eigenvalue weighted by Crippen LogP contribution is -2.21. The van der Waals surface area contributed by atoms with E-state index < -0.39 is 11.8 Å². The largest absolute Gasteiger partial charge is 0.396 e. The number of unbranched alkanes of at least 4 members (excludes halogenated alkanes) is 1. The first kappa shape index (κ1) is 18.9. The number of carbonyl (C=O) groups excluding carboxylic acids is 1. The Hall–Kier alpha value is -2.45. The Morgan fingerprint density at radius 1 is 1.24 bits per heavy atom. The van der Waals surface area contributed by atoms with E-state index >= 15 is 0 Å². The molecule has 9 heteroatoms. The summed E-state index contributed by atoms with van der Waals surface area (Å²) < 4.78 is 13.1. The summed E-state index contributed by atoms with van der Waals surface area (Å²) in [5.74, 6) is 0.146. The molecule has 0 saturated carbocycles. The van der Waals surface area contributed by atoms with Crippen molar-refractivity contribution in [1.29, 1.82) is 0 Å². The van der Waals surface area contributed by atoms with E-state index in [0.29, 0.717) is 30.2 Å². The van der Waals surface area contributed by atoms with Crippen LogP contribution in [-0.4, -0.2) is 34.3 Å². The van der Waals surface area contributed by atoms with E-state index in [0.717, 1.165) is 12.5 Å². The summed E-state index contributed by atoms with van der Waals surface area (Å²) in [4.78, 5) is 20.4. The Bertz CT molecular complexity index is 744. The standard InChI is InChI=1S/C16H19ClFN5O2/c1-10-8-14(19-6-2-3-7-24)22-15(20-10)23-16(25)21-11-4-5-13(18)12(17)9-11/h4-5,8-9,24H,2-3,6-7H2,1H3,(H3,19,20,21,22,23,25). The van der Waals surface area contributed by atoms with Crippen molar-refractivity contribution >= 4 is 35.1 Å². The third-order valence-corrected chi connectivity index (χ3v) is 3.44. The van der Waals surface area contributed by atoms with Gasteiger partial charge < -0.3 is 15.7 Å². The number of amides is 2. The number of nitrogens with one attached hydrogen (secondary N) is 3. The van der Waals surface area contributed by atoms with Crippen LogP contribution in [-0.2, 0) is 0 Å². The molecule has 2 rings (SSSR count). The predicted molar refractivity (Wildman–Crippen MR) is 95.6 cm³/mol. The van der Waals surface area contributed by atoms with Crippen molar-refractivity contribution in [3.8, 4) is 0 Å². The van der Waals surface area contributed by atoms with Gasteiger partial charge in [0.05, 0.1) is 5.02 Å². The number of nitrogens with zero attached hydrogens (tertiary/aromatic N) is 2. The lowest BCUT2D eigenvalue weighted by atomic mass is 10.3. The van der Waals surface area contributed by atoms with Gasteiger partial charge in [-0.05, 0) is 38.0 Å². The fourth-order valence-electron chi connectivity index (χ4n) is 2.01. The highest BCUT2D eigenvalue weighted by Gasteiger charge is 2.08. The highest BCUT2D eigenvalue weighted by molar-refractivity contribution is 6.31. The average molecular weight is 368 g/mol. The summed E-state index contributed by atoms with van der Waals surface area (Å²) in [5, 5.41) is 16.8. The number of aryl methyl sites for hydroxylation is 1. The zero-order valence-corrected chi connectivity index (χ0v) is 14.4. The number of halogens is 2. The Morgan fingerprint density at radius 3 is 2.76 bits per heavy atom. The van der Waals surface area contributed by atoms with Crippen molar-refractivity contribution in [1.82, 2.24) is 9.97 Å². The molecule has 0 aliphatic rings. The molecule has 2 amide bonds. The van der Waals surface area contributed by atoms with E-state index in [9.17, 15) is 9.18 Å². The van der Waals surface area contributed by atoms with Crippen LogP contribution >= 0.6 is 11.6 Å². The highest BCUT2D eigenvalue weighted by Crippen LogP contribution is 2.19. The molecule has 4 N–H and O–H groups in total. The van der Waals surface area contributed by atoms with Crippen LogP contribution in [0.15, 0.2) is 24.3 Å². The van der Waals surface area contributed by atoms with Crippen molar-refractivity contribution in [2.24, 2.45) is 0 Å². The Kier molecular flexibility index (Phi) is 6.91. The molecule has 0 fully saturated rings. The molecule has 1 heterocycles. The van der Waals surface area contributed by atoms with Crippen LogP contribution in [0.25, 0.3) is 0 Å². The third-order valence-electron chi connectivity index (χ3n) is 3.15. The fraction of sp³-hybridized carbons (Fsp3) is 0.312. The van der Waals surface area contributed by atoms with Gasteiger partial charge in [0.15, 0.2) is 0 Å². The molecule has 2 aromatic rings. The Labute approximate surface area is 149 Å². The first-order valence-electron chi connectivity index (χ1n) is 7.71. The predicted octanol–water partition coefficient (Wildman–Crippen LogP) is 3.41. The van der Waals surface area contributed by atoms with E-state index in [1.54, 1.807) is 13.0 Å². The van der Waals surface area contributed by atoms with E-state index in [1.807, 2.05) is 0 Å². The molecular formula is C16H19ClFN5O2. The minimum atomic E-state index is -0.570. The van der Waals surface area contributed by atoms with Crippen LogP contribution in [0.3, 0.4) is 0 Å². The van der Waals surface area contributed by atoms with Gasteiger partial charge >= 0.3 is 6.03 Å². The van der Waals surface area contributed by atoms with Crippen molar-refractivity contribution in [3.63, 3.8) is 0 Å². The number of anilines is 3. The summed E-state index contributed by atoms with van der Waals surface area (Å²) in [7, 11) is 0. The van der Waals surface area contributed by atoms with Gasteiger partial charge in [0.2, 0.25) is 5.95 Å². The topological polar surface area (TPSA) is 99.2 Å². The molecule has 0 radical (unpaired) electrons. The number of carbonyl (C=O) groups is 1. The number of aliphatic hydroxyl groups excluding tert-OH is 1. The van der Waals surface area contributed by atoms with E-state index in [4.69, 9.17) is 16.7 Å². The highest BCUT2D eigenvalue weighted by atomic mass is 35.5. The second kappa shape index (κ2) is 9.14. The van der Waals surface area contributed by atoms with Crippen LogP contribution in [0.1, 0.15) is 18.5 Å². The molecule has 0 aliphatic carbocycles. The third kappa shape index (κ3) is 6.17. The molecule has 1 aromatic carbocycles. The summed E-state index contributed by atoms with van der Waals surface area (Å²) in [5.41, 5.74) is 1.03. The molecule has 0 atom stereocenters. The average Bonchev–Trinajstić information content (AvgIpc) is 2.54. The van der Waals surface area contributed by atoms with Gasteiger partial charge in [-0.1, -0.05) is 11.6 Å². The molecule has 0 aliphatic heterocycles. The van der Waals surface area contributed by atoms with E-state index in [2.05, 4.69) is 25.9 Å². The maximum atomic E-state index is 13.1. The Morgan fingerprint density at radius 2 is 2.04 bits per heavy atom. The van der Waals surface area contributed by atoms with Crippen molar-refractivity contribution in [2.75, 3.05) is 29.1 Å². The number of aliphatic hydroxyl groups is 1. The molecule has 0 spiro atoms.